The van der Waals surface area contributed by atoms with Crippen molar-refractivity contribution in [3.05, 3.63) is 18.3 Å². The third-order valence-electron chi connectivity index (χ3n) is 3.62. The molecule has 0 saturated carbocycles. The Labute approximate surface area is 122 Å². The first kappa shape index (κ1) is 13.4. The SMILES string of the molecule is CC#CC(=O)N1CCC[C@@H](Nc2n[nH]c3ncccc23)C1. The Morgan fingerprint density at radius 1 is 1.57 bits per heavy atom. The number of amides is 1. The number of carbonyl (C=O) groups excluding carboxylic acids is 1. The first-order chi connectivity index (χ1) is 10.3. The number of nitrogens with zero attached hydrogens (tertiary/aromatic N) is 3. The fourth-order valence-electron chi connectivity index (χ4n) is 2.62. The molecule has 0 aliphatic carbocycles. The number of carbonyl (C=O) groups is 1. The molecule has 0 radical (unpaired) electrons. The van der Waals surface area contributed by atoms with Crippen LogP contribution in [0.3, 0.4) is 0 Å². The van der Waals surface area contributed by atoms with E-state index in [1.165, 1.54) is 0 Å². The van der Waals surface area contributed by atoms with Crippen molar-refractivity contribution in [1.29, 1.82) is 0 Å². The summed E-state index contributed by atoms with van der Waals surface area (Å²) in [6, 6.07) is 4.05. The zero-order valence-corrected chi connectivity index (χ0v) is 11.9. The van der Waals surface area contributed by atoms with Crippen molar-refractivity contribution in [2.45, 2.75) is 25.8 Å². The average molecular weight is 283 g/mol. The third kappa shape index (κ3) is 2.82. The van der Waals surface area contributed by atoms with Crippen LogP contribution in [0.1, 0.15) is 19.8 Å². The van der Waals surface area contributed by atoms with Gasteiger partial charge in [0.05, 0.1) is 5.39 Å². The van der Waals surface area contributed by atoms with Crippen LogP contribution in [0.5, 0.6) is 0 Å². The van der Waals surface area contributed by atoms with Gasteiger partial charge in [0.2, 0.25) is 0 Å². The molecular weight excluding hydrogens is 266 g/mol. The number of pyridine rings is 1. The lowest BCUT2D eigenvalue weighted by atomic mass is 10.1. The molecule has 6 nitrogen and oxygen atoms in total. The number of fused-ring (bicyclic) bond motifs is 1. The zero-order chi connectivity index (χ0) is 14.7. The van der Waals surface area contributed by atoms with Crippen LogP contribution >= 0.6 is 0 Å². The van der Waals surface area contributed by atoms with Crippen LogP contribution in [0.2, 0.25) is 0 Å². The van der Waals surface area contributed by atoms with Crippen LogP contribution in [0.15, 0.2) is 18.3 Å². The van der Waals surface area contributed by atoms with Gasteiger partial charge in [-0.25, -0.2) is 4.98 Å². The maximum absolute atomic E-state index is 11.9. The summed E-state index contributed by atoms with van der Waals surface area (Å²) in [7, 11) is 0. The molecule has 2 aromatic heterocycles. The molecule has 1 aliphatic heterocycles. The van der Waals surface area contributed by atoms with Gasteiger partial charge in [0, 0.05) is 25.3 Å². The van der Waals surface area contributed by atoms with E-state index >= 15 is 0 Å². The Hall–Kier alpha value is -2.55. The van der Waals surface area contributed by atoms with E-state index in [-0.39, 0.29) is 11.9 Å². The number of piperidine rings is 1. The van der Waals surface area contributed by atoms with E-state index in [9.17, 15) is 4.79 Å². The lowest BCUT2D eigenvalue weighted by Crippen LogP contribution is -2.44. The lowest BCUT2D eigenvalue weighted by Gasteiger charge is -2.32. The van der Waals surface area contributed by atoms with Gasteiger partial charge in [0.25, 0.3) is 5.91 Å². The van der Waals surface area contributed by atoms with E-state index in [4.69, 9.17) is 0 Å². The normalized spacial score (nSPS) is 18.1. The first-order valence-corrected chi connectivity index (χ1v) is 7.05. The van der Waals surface area contributed by atoms with E-state index < -0.39 is 0 Å². The molecule has 6 heteroatoms. The molecular formula is C15H17N5O. The second-order valence-electron chi connectivity index (χ2n) is 5.08. The molecule has 1 atom stereocenters. The average Bonchev–Trinajstić information content (AvgIpc) is 2.91. The lowest BCUT2D eigenvalue weighted by molar-refractivity contribution is -0.126. The molecule has 1 fully saturated rings. The minimum atomic E-state index is -0.0995. The van der Waals surface area contributed by atoms with Gasteiger partial charge in [-0.3, -0.25) is 9.89 Å². The fourth-order valence-corrected chi connectivity index (χ4v) is 2.62. The molecule has 0 unspecified atom stereocenters. The van der Waals surface area contributed by atoms with Gasteiger partial charge in [-0.15, -0.1) is 0 Å². The molecule has 2 N–H and O–H groups in total. The summed E-state index contributed by atoms with van der Waals surface area (Å²) < 4.78 is 0. The monoisotopic (exact) mass is 283 g/mol. The maximum Gasteiger partial charge on any atom is 0.298 e. The summed E-state index contributed by atoms with van der Waals surface area (Å²) in [5.41, 5.74) is 0.764. The second-order valence-corrected chi connectivity index (χ2v) is 5.08. The van der Waals surface area contributed by atoms with Crippen LogP contribution in [0, 0.1) is 11.8 Å². The van der Waals surface area contributed by atoms with Crippen LogP contribution in [-0.4, -0.2) is 45.1 Å². The third-order valence-corrected chi connectivity index (χ3v) is 3.62. The highest BCUT2D eigenvalue weighted by atomic mass is 16.2. The van der Waals surface area contributed by atoms with Gasteiger partial charge >= 0.3 is 0 Å². The number of hydrogen-bond donors (Lipinski definition) is 2. The van der Waals surface area contributed by atoms with Crippen molar-refractivity contribution < 1.29 is 4.79 Å². The summed E-state index contributed by atoms with van der Waals surface area (Å²) in [4.78, 5) is 17.9. The molecule has 1 saturated heterocycles. The highest BCUT2D eigenvalue weighted by Crippen LogP contribution is 2.21. The summed E-state index contributed by atoms with van der Waals surface area (Å²) in [5.74, 6) is 5.96. The number of nitrogens with one attached hydrogen (secondary N) is 2. The molecule has 1 aliphatic rings. The zero-order valence-electron chi connectivity index (χ0n) is 11.9. The van der Waals surface area contributed by atoms with Gasteiger partial charge in [-0.05, 0) is 37.8 Å². The number of anilines is 1. The first-order valence-electron chi connectivity index (χ1n) is 7.05. The maximum atomic E-state index is 11.9. The highest BCUT2D eigenvalue weighted by molar-refractivity contribution is 5.93. The fraction of sp³-hybridized carbons (Fsp3) is 0.400. The molecule has 2 aromatic rings. The molecule has 3 rings (SSSR count). The van der Waals surface area contributed by atoms with Gasteiger partial charge in [-0.2, -0.15) is 5.10 Å². The van der Waals surface area contributed by atoms with Crippen molar-refractivity contribution in [3.63, 3.8) is 0 Å². The van der Waals surface area contributed by atoms with Crippen molar-refractivity contribution in [1.82, 2.24) is 20.1 Å². The van der Waals surface area contributed by atoms with Crippen LogP contribution in [0.4, 0.5) is 5.82 Å². The van der Waals surface area contributed by atoms with Gasteiger partial charge in [0.15, 0.2) is 11.5 Å². The number of aromatic amines is 1. The number of hydrogen-bond acceptors (Lipinski definition) is 4. The van der Waals surface area contributed by atoms with Crippen molar-refractivity contribution >= 4 is 22.8 Å². The van der Waals surface area contributed by atoms with Crippen LogP contribution in [-0.2, 0) is 4.79 Å². The molecule has 1 amide bonds. The number of likely N-dealkylation sites (tertiary alicyclic amines) is 1. The summed E-state index contributed by atoms with van der Waals surface area (Å²) >= 11 is 0. The topological polar surface area (TPSA) is 73.9 Å². The summed E-state index contributed by atoms with van der Waals surface area (Å²) in [6.45, 7) is 3.11. The van der Waals surface area contributed by atoms with Crippen molar-refractivity contribution in [3.8, 4) is 11.8 Å². The Balaban J connectivity index is 1.72. The molecule has 21 heavy (non-hydrogen) atoms. The molecule has 0 aromatic carbocycles. The van der Waals surface area contributed by atoms with Gasteiger partial charge in [0.1, 0.15) is 0 Å². The Bertz CT molecular complexity index is 711. The molecule has 108 valence electrons. The predicted molar refractivity (Wildman–Crippen MR) is 80.6 cm³/mol. The number of rotatable bonds is 2. The van der Waals surface area contributed by atoms with E-state index in [0.29, 0.717) is 6.54 Å². The Morgan fingerprint density at radius 2 is 2.48 bits per heavy atom. The van der Waals surface area contributed by atoms with E-state index in [1.54, 1.807) is 18.0 Å². The molecule has 0 bridgehead atoms. The van der Waals surface area contributed by atoms with Crippen molar-refractivity contribution in [2.75, 3.05) is 18.4 Å². The van der Waals surface area contributed by atoms with Gasteiger partial charge < -0.3 is 10.2 Å². The van der Waals surface area contributed by atoms with E-state index in [0.717, 1.165) is 36.2 Å². The largest absolute Gasteiger partial charge is 0.364 e. The number of aromatic nitrogens is 3. The molecule has 3 heterocycles. The second kappa shape index (κ2) is 5.83. The predicted octanol–water partition coefficient (Wildman–Crippen LogP) is 1.38. The van der Waals surface area contributed by atoms with E-state index in [1.807, 2.05) is 12.1 Å². The Kier molecular flexibility index (Phi) is 3.73. The van der Waals surface area contributed by atoms with Gasteiger partial charge in [-0.1, -0.05) is 5.92 Å². The highest BCUT2D eigenvalue weighted by Gasteiger charge is 2.23. The van der Waals surface area contributed by atoms with Crippen LogP contribution in [0.25, 0.3) is 11.0 Å². The Morgan fingerprint density at radius 3 is 3.33 bits per heavy atom. The minimum absolute atomic E-state index is 0.0995. The standard InChI is InChI=1S/C15H17N5O/c1-2-5-13(21)20-9-4-6-11(10-20)17-15-12-7-3-8-16-14(12)18-19-15/h3,7-8,11H,4,6,9-10H2,1H3,(H2,16,17,18,19)/t11-/m1/s1. The van der Waals surface area contributed by atoms with Crippen LogP contribution < -0.4 is 5.32 Å². The van der Waals surface area contributed by atoms with E-state index in [2.05, 4.69) is 32.3 Å². The quantitative estimate of drug-likeness (QED) is 0.817. The minimum Gasteiger partial charge on any atom is -0.364 e. The smallest absolute Gasteiger partial charge is 0.298 e. The summed E-state index contributed by atoms with van der Waals surface area (Å²) in [5, 5.41) is 11.5. The molecule has 0 spiro atoms. The summed E-state index contributed by atoms with van der Waals surface area (Å²) in [6.07, 6.45) is 3.71. The van der Waals surface area contributed by atoms with Crippen molar-refractivity contribution in [2.24, 2.45) is 0 Å². The number of H-pyrrole nitrogens is 1.